The number of aromatic nitrogens is 4. The summed E-state index contributed by atoms with van der Waals surface area (Å²) in [7, 11) is 0. The lowest BCUT2D eigenvalue weighted by molar-refractivity contribution is -0.121. The minimum Gasteiger partial charge on any atom is -0.451 e. The molecule has 0 unspecified atom stereocenters. The Morgan fingerprint density at radius 2 is 1.80 bits per heavy atom. The molecule has 3 N–H and O–H groups in total. The molecular weight excluding hydrogens is 456 g/mol. The number of carbonyl (C=O) groups excluding carboxylic acids is 2. The van der Waals surface area contributed by atoms with Gasteiger partial charge >= 0.3 is 11.7 Å². The van der Waals surface area contributed by atoms with Crippen molar-refractivity contribution >= 4 is 23.4 Å². The van der Waals surface area contributed by atoms with Crippen molar-refractivity contribution in [3.63, 3.8) is 0 Å². The first-order chi connectivity index (χ1) is 16.8. The molecule has 12 heteroatoms. The number of likely N-dealkylation sites (N-methyl/N-ethyl adjacent to an activating group) is 1. The lowest BCUT2D eigenvalue weighted by atomic mass is 10.2. The van der Waals surface area contributed by atoms with E-state index in [0.717, 1.165) is 19.7 Å². The van der Waals surface area contributed by atoms with Crippen molar-refractivity contribution in [1.29, 1.82) is 0 Å². The van der Waals surface area contributed by atoms with Gasteiger partial charge in [-0.15, -0.1) is 0 Å². The Bertz CT molecular complexity index is 1390. The first-order valence-electron chi connectivity index (χ1n) is 11.0. The average Bonchev–Trinajstić information content (AvgIpc) is 2.84. The summed E-state index contributed by atoms with van der Waals surface area (Å²) in [6.07, 6.45) is 0.637. The summed E-state index contributed by atoms with van der Waals surface area (Å²) < 4.78 is 7.35. The first kappa shape index (κ1) is 25.1. The zero-order valence-corrected chi connectivity index (χ0v) is 19.4. The number of nitrogen functional groups attached to an aromatic ring is 1. The number of amides is 1. The van der Waals surface area contributed by atoms with Crippen LogP contribution in [-0.2, 0) is 22.6 Å². The Labute approximate surface area is 199 Å². The van der Waals surface area contributed by atoms with Crippen LogP contribution in [0.15, 0.2) is 56.8 Å². The highest BCUT2D eigenvalue weighted by atomic mass is 16.5. The van der Waals surface area contributed by atoms with Crippen LogP contribution >= 0.6 is 0 Å². The maximum Gasteiger partial charge on any atom is 0.359 e. The van der Waals surface area contributed by atoms with Gasteiger partial charge in [0, 0.05) is 19.2 Å². The van der Waals surface area contributed by atoms with Crippen LogP contribution in [-0.4, -0.2) is 44.4 Å². The zero-order chi connectivity index (χ0) is 25.5. The SMILES string of the molecule is CCCn1nc(C(=O)OCC(=O)N(CC)c2c(N)n(Cc3ccccc3)c(=O)[nH]c2=O)ccc1=O. The summed E-state index contributed by atoms with van der Waals surface area (Å²) in [6, 6.07) is 11.4. The van der Waals surface area contributed by atoms with Crippen molar-refractivity contribution in [2.75, 3.05) is 23.8 Å². The molecule has 0 radical (unpaired) electrons. The lowest BCUT2D eigenvalue weighted by Crippen LogP contribution is -2.42. The molecule has 2 aromatic heterocycles. The van der Waals surface area contributed by atoms with Crippen molar-refractivity contribution in [1.82, 2.24) is 19.3 Å². The number of nitrogens with zero attached hydrogens (tertiary/aromatic N) is 4. The molecule has 0 bridgehead atoms. The van der Waals surface area contributed by atoms with E-state index in [1.165, 1.54) is 12.1 Å². The van der Waals surface area contributed by atoms with E-state index in [1.807, 2.05) is 13.0 Å². The van der Waals surface area contributed by atoms with Crippen molar-refractivity contribution in [3.05, 3.63) is 84.9 Å². The number of ether oxygens (including phenoxy) is 1. The molecule has 0 atom stereocenters. The molecule has 0 saturated heterocycles. The number of esters is 1. The molecule has 3 aromatic rings. The van der Waals surface area contributed by atoms with Crippen LogP contribution in [0.1, 0.15) is 36.3 Å². The monoisotopic (exact) mass is 482 g/mol. The second-order valence-electron chi connectivity index (χ2n) is 7.56. The maximum absolute atomic E-state index is 12.9. The molecule has 3 rings (SSSR count). The Hall–Kier alpha value is -4.48. The summed E-state index contributed by atoms with van der Waals surface area (Å²) in [5.41, 5.74) is 4.63. The number of carbonyl (C=O) groups is 2. The maximum atomic E-state index is 12.9. The van der Waals surface area contributed by atoms with Gasteiger partial charge in [-0.25, -0.2) is 14.3 Å². The van der Waals surface area contributed by atoms with Gasteiger partial charge in [0.15, 0.2) is 18.0 Å². The van der Waals surface area contributed by atoms with Gasteiger partial charge < -0.3 is 15.4 Å². The second kappa shape index (κ2) is 11.1. The third-order valence-electron chi connectivity index (χ3n) is 5.12. The van der Waals surface area contributed by atoms with E-state index in [2.05, 4.69) is 10.1 Å². The van der Waals surface area contributed by atoms with Crippen LogP contribution in [0, 0.1) is 0 Å². The van der Waals surface area contributed by atoms with E-state index in [4.69, 9.17) is 10.5 Å². The summed E-state index contributed by atoms with van der Waals surface area (Å²) in [6.45, 7) is 3.17. The second-order valence-corrected chi connectivity index (χ2v) is 7.56. The fraction of sp³-hybridized carbons (Fsp3) is 0.304. The molecule has 0 aliphatic heterocycles. The van der Waals surface area contributed by atoms with Gasteiger partial charge in [-0.2, -0.15) is 5.10 Å². The van der Waals surface area contributed by atoms with Gasteiger partial charge in [-0.3, -0.25) is 23.9 Å². The van der Waals surface area contributed by atoms with E-state index >= 15 is 0 Å². The highest BCUT2D eigenvalue weighted by molar-refractivity contribution is 5.98. The minimum atomic E-state index is -0.907. The topological polar surface area (TPSA) is 162 Å². The third kappa shape index (κ3) is 5.72. The summed E-state index contributed by atoms with van der Waals surface area (Å²) in [4.78, 5) is 65.2. The minimum absolute atomic E-state index is 0.0207. The van der Waals surface area contributed by atoms with Gasteiger partial charge in [0.2, 0.25) is 0 Å². The molecule has 0 saturated carbocycles. The number of nitrogens with two attached hydrogens (primary N) is 1. The normalized spacial score (nSPS) is 10.7. The molecule has 0 spiro atoms. The number of H-pyrrole nitrogens is 1. The van der Waals surface area contributed by atoms with Crippen LogP contribution in [0.2, 0.25) is 0 Å². The van der Waals surface area contributed by atoms with Crippen LogP contribution in [0.25, 0.3) is 0 Å². The standard InChI is InChI=1S/C23H26N6O6/c1-3-12-29-17(30)11-10-16(26-29)22(33)35-14-18(31)27(4-2)19-20(24)28(23(34)25-21(19)32)13-15-8-6-5-7-9-15/h5-11H,3-4,12-14,24H2,1-2H3,(H,25,32,34). The molecule has 1 aromatic carbocycles. The number of hydrogen-bond acceptors (Lipinski definition) is 8. The van der Waals surface area contributed by atoms with E-state index < -0.39 is 29.7 Å². The highest BCUT2D eigenvalue weighted by Gasteiger charge is 2.24. The number of hydrogen-bond donors (Lipinski definition) is 2. The smallest absolute Gasteiger partial charge is 0.359 e. The summed E-state index contributed by atoms with van der Waals surface area (Å²) >= 11 is 0. The van der Waals surface area contributed by atoms with Gasteiger partial charge in [0.05, 0.1) is 6.54 Å². The van der Waals surface area contributed by atoms with Crippen LogP contribution in [0.4, 0.5) is 11.5 Å². The van der Waals surface area contributed by atoms with Crippen LogP contribution in [0.5, 0.6) is 0 Å². The molecule has 2 heterocycles. The Morgan fingerprint density at radius 3 is 2.46 bits per heavy atom. The highest BCUT2D eigenvalue weighted by Crippen LogP contribution is 2.18. The average molecular weight is 482 g/mol. The molecule has 0 fully saturated rings. The molecule has 0 aliphatic rings. The fourth-order valence-corrected chi connectivity index (χ4v) is 3.43. The van der Waals surface area contributed by atoms with Crippen LogP contribution in [0.3, 0.4) is 0 Å². The van der Waals surface area contributed by atoms with E-state index in [-0.39, 0.29) is 35.8 Å². The third-order valence-corrected chi connectivity index (χ3v) is 5.12. The van der Waals surface area contributed by atoms with E-state index in [0.29, 0.717) is 13.0 Å². The molecule has 35 heavy (non-hydrogen) atoms. The zero-order valence-electron chi connectivity index (χ0n) is 19.4. The number of aromatic amines is 1. The number of aryl methyl sites for hydroxylation is 1. The predicted molar refractivity (Wildman–Crippen MR) is 128 cm³/mol. The molecule has 1 amide bonds. The van der Waals surface area contributed by atoms with E-state index in [1.54, 1.807) is 31.2 Å². The Kier molecular flexibility index (Phi) is 7.97. The van der Waals surface area contributed by atoms with Gasteiger partial charge in [-0.05, 0) is 25.0 Å². The fourth-order valence-electron chi connectivity index (χ4n) is 3.43. The van der Waals surface area contributed by atoms with Crippen molar-refractivity contribution in [3.8, 4) is 0 Å². The summed E-state index contributed by atoms with van der Waals surface area (Å²) in [5, 5.41) is 3.94. The number of nitrogens with one attached hydrogen (secondary N) is 1. The molecular formula is C23H26N6O6. The van der Waals surface area contributed by atoms with Gasteiger partial charge in [0.25, 0.3) is 17.0 Å². The lowest BCUT2D eigenvalue weighted by Gasteiger charge is -2.23. The van der Waals surface area contributed by atoms with Crippen molar-refractivity contribution in [2.24, 2.45) is 0 Å². The number of rotatable bonds is 9. The largest absolute Gasteiger partial charge is 0.451 e. The summed E-state index contributed by atoms with van der Waals surface area (Å²) in [5.74, 6) is -1.84. The predicted octanol–water partition coefficient (Wildman–Crippen LogP) is 0.344. The quantitative estimate of drug-likeness (QED) is 0.413. The van der Waals surface area contributed by atoms with Gasteiger partial charge in [0.1, 0.15) is 5.82 Å². The Balaban J connectivity index is 1.82. The van der Waals surface area contributed by atoms with Crippen LogP contribution < -0.4 is 27.4 Å². The Morgan fingerprint density at radius 1 is 1.09 bits per heavy atom. The van der Waals surface area contributed by atoms with E-state index in [9.17, 15) is 24.0 Å². The molecule has 0 aliphatic carbocycles. The molecule has 12 nitrogen and oxygen atoms in total. The first-order valence-corrected chi connectivity index (χ1v) is 11.0. The number of benzene rings is 1. The van der Waals surface area contributed by atoms with Crippen molar-refractivity contribution < 1.29 is 14.3 Å². The van der Waals surface area contributed by atoms with Gasteiger partial charge in [-0.1, -0.05) is 37.3 Å². The van der Waals surface area contributed by atoms with Crippen molar-refractivity contribution in [2.45, 2.75) is 33.4 Å². The molecule has 184 valence electrons. The number of anilines is 2.